The number of hydrogen-bond acceptors (Lipinski definition) is 6. The fourth-order valence-corrected chi connectivity index (χ4v) is 3.38. The van der Waals surface area contributed by atoms with E-state index in [2.05, 4.69) is 10.3 Å². The molecule has 1 atom stereocenters. The summed E-state index contributed by atoms with van der Waals surface area (Å²) < 4.78 is 12.4. The molecule has 1 aromatic heterocycles. The van der Waals surface area contributed by atoms with Gasteiger partial charge in [0.15, 0.2) is 17.2 Å². The normalized spacial score (nSPS) is 18.8. The van der Waals surface area contributed by atoms with E-state index in [-0.39, 0.29) is 24.2 Å². The molecule has 0 bridgehead atoms. The topological polar surface area (TPSA) is 107 Å². The van der Waals surface area contributed by atoms with Crippen molar-refractivity contribution >= 4 is 11.9 Å². The molecule has 0 aliphatic carbocycles. The Morgan fingerprint density at radius 1 is 1.23 bits per heavy atom. The SMILES string of the molecule is O=C(O)c1cn(CC(=O)N2CCCC2c2ccc3c(c2)OCCO3)nn1. The minimum atomic E-state index is -1.17. The first-order valence-electron chi connectivity index (χ1n) is 8.44. The first-order valence-corrected chi connectivity index (χ1v) is 8.44. The van der Waals surface area contributed by atoms with Gasteiger partial charge in [0.05, 0.1) is 12.2 Å². The predicted molar refractivity (Wildman–Crippen MR) is 88.1 cm³/mol. The maximum absolute atomic E-state index is 12.7. The van der Waals surface area contributed by atoms with Crippen molar-refractivity contribution < 1.29 is 24.2 Å². The maximum atomic E-state index is 12.7. The molecule has 1 saturated heterocycles. The average molecular weight is 358 g/mol. The predicted octanol–water partition coefficient (Wildman–Crippen LogP) is 1.11. The Labute approximate surface area is 149 Å². The van der Waals surface area contributed by atoms with E-state index in [4.69, 9.17) is 14.6 Å². The lowest BCUT2D eigenvalue weighted by Gasteiger charge is -2.26. The number of fused-ring (bicyclic) bond motifs is 1. The number of carbonyl (C=O) groups excluding carboxylic acids is 1. The molecule has 1 unspecified atom stereocenters. The Morgan fingerprint density at radius 3 is 2.81 bits per heavy atom. The number of ether oxygens (including phenoxy) is 2. The molecule has 2 aliphatic heterocycles. The van der Waals surface area contributed by atoms with Gasteiger partial charge in [0.1, 0.15) is 19.8 Å². The van der Waals surface area contributed by atoms with E-state index in [9.17, 15) is 9.59 Å². The molecule has 3 heterocycles. The summed E-state index contributed by atoms with van der Waals surface area (Å²) >= 11 is 0. The fourth-order valence-electron chi connectivity index (χ4n) is 3.38. The molecule has 26 heavy (non-hydrogen) atoms. The molecular formula is C17H18N4O5. The van der Waals surface area contributed by atoms with E-state index in [0.717, 1.165) is 24.2 Å². The second-order valence-electron chi connectivity index (χ2n) is 6.25. The highest BCUT2D eigenvalue weighted by Gasteiger charge is 2.31. The first-order chi connectivity index (χ1) is 12.6. The minimum Gasteiger partial charge on any atom is -0.486 e. The van der Waals surface area contributed by atoms with Gasteiger partial charge in [0.2, 0.25) is 5.91 Å². The Morgan fingerprint density at radius 2 is 2.04 bits per heavy atom. The molecule has 9 nitrogen and oxygen atoms in total. The van der Waals surface area contributed by atoms with Crippen LogP contribution in [0.2, 0.25) is 0 Å². The third-order valence-corrected chi connectivity index (χ3v) is 4.58. The lowest BCUT2D eigenvalue weighted by molar-refractivity contribution is -0.133. The largest absolute Gasteiger partial charge is 0.486 e. The molecule has 1 N–H and O–H groups in total. The molecule has 0 spiro atoms. The standard InChI is InChI=1S/C17H18N4O5/c22-16(10-20-9-12(17(23)24)18-19-20)21-5-1-2-13(21)11-3-4-14-15(8-11)26-7-6-25-14/h3-4,8-9,13H,1-2,5-7,10H2,(H,23,24). The van der Waals surface area contributed by atoms with Crippen LogP contribution in [0, 0.1) is 0 Å². The number of carboxylic acid groups (broad SMARTS) is 1. The van der Waals surface area contributed by atoms with Crippen LogP contribution >= 0.6 is 0 Å². The highest BCUT2D eigenvalue weighted by molar-refractivity contribution is 5.84. The van der Waals surface area contributed by atoms with Crippen molar-refractivity contribution in [3.63, 3.8) is 0 Å². The third-order valence-electron chi connectivity index (χ3n) is 4.58. The summed E-state index contributed by atoms with van der Waals surface area (Å²) in [4.78, 5) is 25.4. The van der Waals surface area contributed by atoms with Gasteiger partial charge in [-0.05, 0) is 30.5 Å². The van der Waals surface area contributed by atoms with Crippen LogP contribution in [-0.4, -0.2) is 56.6 Å². The number of likely N-dealkylation sites (tertiary alicyclic amines) is 1. The van der Waals surface area contributed by atoms with Crippen LogP contribution < -0.4 is 9.47 Å². The van der Waals surface area contributed by atoms with Crippen molar-refractivity contribution in [1.82, 2.24) is 19.9 Å². The van der Waals surface area contributed by atoms with E-state index in [1.807, 2.05) is 18.2 Å². The van der Waals surface area contributed by atoms with Gasteiger partial charge >= 0.3 is 5.97 Å². The van der Waals surface area contributed by atoms with Gasteiger partial charge < -0.3 is 19.5 Å². The van der Waals surface area contributed by atoms with Gasteiger partial charge in [0, 0.05) is 6.54 Å². The average Bonchev–Trinajstić information content (AvgIpc) is 3.30. The quantitative estimate of drug-likeness (QED) is 0.872. The molecule has 136 valence electrons. The molecule has 1 fully saturated rings. The van der Waals surface area contributed by atoms with Crippen molar-refractivity contribution in [1.29, 1.82) is 0 Å². The van der Waals surface area contributed by atoms with Gasteiger partial charge in [-0.15, -0.1) is 5.10 Å². The van der Waals surface area contributed by atoms with E-state index >= 15 is 0 Å². The molecule has 4 rings (SSSR count). The number of aromatic nitrogens is 3. The number of benzene rings is 1. The Bertz CT molecular complexity index is 849. The minimum absolute atomic E-state index is 0.0403. The van der Waals surface area contributed by atoms with E-state index in [0.29, 0.717) is 25.5 Å². The maximum Gasteiger partial charge on any atom is 0.358 e. The van der Waals surface area contributed by atoms with Crippen LogP contribution in [0.25, 0.3) is 0 Å². The van der Waals surface area contributed by atoms with Gasteiger partial charge in [-0.3, -0.25) is 4.79 Å². The zero-order valence-electron chi connectivity index (χ0n) is 14.0. The second-order valence-corrected chi connectivity index (χ2v) is 6.25. The number of carbonyl (C=O) groups is 2. The molecule has 2 aromatic rings. The Balaban J connectivity index is 1.50. The lowest BCUT2D eigenvalue weighted by atomic mass is 10.0. The monoisotopic (exact) mass is 358 g/mol. The highest BCUT2D eigenvalue weighted by atomic mass is 16.6. The third kappa shape index (κ3) is 3.07. The van der Waals surface area contributed by atoms with Crippen LogP contribution in [0.3, 0.4) is 0 Å². The summed E-state index contributed by atoms with van der Waals surface area (Å²) in [6, 6.07) is 5.73. The Kier molecular flexibility index (Phi) is 4.19. The molecule has 2 aliphatic rings. The molecule has 1 aromatic carbocycles. The second kappa shape index (κ2) is 6.66. The lowest BCUT2D eigenvalue weighted by Crippen LogP contribution is -2.33. The summed E-state index contributed by atoms with van der Waals surface area (Å²) in [6.45, 7) is 1.67. The van der Waals surface area contributed by atoms with Crippen LogP contribution in [0.15, 0.2) is 24.4 Å². The summed E-state index contributed by atoms with van der Waals surface area (Å²) in [5.41, 5.74) is 0.826. The number of amides is 1. The van der Waals surface area contributed by atoms with Crippen molar-refractivity contribution in [2.45, 2.75) is 25.4 Å². The smallest absolute Gasteiger partial charge is 0.358 e. The number of carboxylic acids is 1. The van der Waals surface area contributed by atoms with Crippen LogP contribution in [0.1, 0.15) is 34.9 Å². The van der Waals surface area contributed by atoms with Gasteiger partial charge in [-0.1, -0.05) is 11.3 Å². The number of nitrogens with zero attached hydrogens (tertiary/aromatic N) is 4. The molecule has 9 heteroatoms. The summed E-state index contributed by atoms with van der Waals surface area (Å²) in [7, 11) is 0. The summed E-state index contributed by atoms with van der Waals surface area (Å²) in [5.74, 6) is 0.137. The highest BCUT2D eigenvalue weighted by Crippen LogP contribution is 2.38. The van der Waals surface area contributed by atoms with Crippen molar-refractivity contribution in [2.75, 3.05) is 19.8 Å². The fraction of sp³-hybridized carbons (Fsp3) is 0.412. The number of hydrogen-bond donors (Lipinski definition) is 1. The van der Waals surface area contributed by atoms with Gasteiger partial charge in [0.25, 0.3) is 0 Å². The number of aromatic carboxylic acids is 1. The van der Waals surface area contributed by atoms with Crippen molar-refractivity contribution in [3.05, 3.63) is 35.7 Å². The molecular weight excluding hydrogens is 340 g/mol. The first kappa shape index (κ1) is 16.4. The molecule has 0 radical (unpaired) electrons. The van der Waals surface area contributed by atoms with E-state index in [1.54, 1.807) is 4.90 Å². The zero-order valence-corrected chi connectivity index (χ0v) is 14.0. The van der Waals surface area contributed by atoms with Gasteiger partial charge in [-0.25, -0.2) is 9.48 Å². The Hall–Kier alpha value is -3.10. The van der Waals surface area contributed by atoms with Crippen LogP contribution in [0.4, 0.5) is 0 Å². The molecule has 0 saturated carbocycles. The summed E-state index contributed by atoms with van der Waals surface area (Å²) in [5, 5.41) is 16.1. The summed E-state index contributed by atoms with van der Waals surface area (Å²) in [6.07, 6.45) is 3.03. The van der Waals surface area contributed by atoms with Gasteiger partial charge in [-0.2, -0.15) is 0 Å². The molecule has 1 amide bonds. The van der Waals surface area contributed by atoms with E-state index in [1.165, 1.54) is 10.9 Å². The van der Waals surface area contributed by atoms with Crippen LogP contribution in [0.5, 0.6) is 11.5 Å². The van der Waals surface area contributed by atoms with Crippen LogP contribution in [-0.2, 0) is 11.3 Å². The number of rotatable bonds is 4. The van der Waals surface area contributed by atoms with Crippen molar-refractivity contribution in [3.8, 4) is 11.5 Å². The van der Waals surface area contributed by atoms with E-state index < -0.39 is 5.97 Å². The van der Waals surface area contributed by atoms with Crippen molar-refractivity contribution in [2.24, 2.45) is 0 Å². The zero-order chi connectivity index (χ0) is 18.1.